The molecule has 0 bridgehead atoms. The van der Waals surface area contributed by atoms with Crippen LogP contribution in [0, 0.1) is 0 Å². The number of nitrogens with one attached hydrogen (secondary N) is 2. The SMILES string of the molecule is O=c1[nH]c(NC2CCc3ccccc32)nc2c1cnn2-c1ccccc1. The molecule has 6 heteroatoms. The molecular weight excluding hydrogens is 326 g/mol. The number of para-hydroxylation sites is 1. The lowest BCUT2D eigenvalue weighted by atomic mass is 10.1. The Bertz CT molecular complexity index is 1150. The molecule has 2 N–H and O–H groups in total. The predicted octanol–water partition coefficient (Wildman–Crippen LogP) is 3.21. The third-order valence-electron chi connectivity index (χ3n) is 4.88. The van der Waals surface area contributed by atoms with E-state index >= 15 is 0 Å². The molecule has 1 aliphatic carbocycles. The van der Waals surface area contributed by atoms with Gasteiger partial charge in [0.25, 0.3) is 5.56 Å². The van der Waals surface area contributed by atoms with Crippen molar-refractivity contribution in [2.45, 2.75) is 18.9 Å². The molecule has 26 heavy (non-hydrogen) atoms. The van der Waals surface area contributed by atoms with Gasteiger partial charge in [0.2, 0.25) is 5.95 Å². The predicted molar refractivity (Wildman–Crippen MR) is 101 cm³/mol. The highest BCUT2D eigenvalue weighted by Gasteiger charge is 2.23. The Morgan fingerprint density at radius 3 is 2.77 bits per heavy atom. The van der Waals surface area contributed by atoms with E-state index in [4.69, 9.17) is 0 Å². The molecule has 128 valence electrons. The second-order valence-corrected chi connectivity index (χ2v) is 6.48. The number of nitrogens with zero attached hydrogens (tertiary/aromatic N) is 3. The van der Waals surface area contributed by atoms with Crippen molar-refractivity contribution in [2.75, 3.05) is 5.32 Å². The number of anilines is 1. The van der Waals surface area contributed by atoms with Gasteiger partial charge < -0.3 is 5.32 Å². The van der Waals surface area contributed by atoms with Gasteiger partial charge in [0, 0.05) is 0 Å². The molecule has 0 radical (unpaired) electrons. The van der Waals surface area contributed by atoms with Gasteiger partial charge in [0.05, 0.1) is 17.9 Å². The highest BCUT2D eigenvalue weighted by molar-refractivity contribution is 5.76. The van der Waals surface area contributed by atoms with Crippen LogP contribution in [0.3, 0.4) is 0 Å². The number of fused-ring (bicyclic) bond motifs is 2. The van der Waals surface area contributed by atoms with Gasteiger partial charge in [-0.25, -0.2) is 4.68 Å². The number of H-pyrrole nitrogens is 1. The van der Waals surface area contributed by atoms with Crippen molar-refractivity contribution in [1.29, 1.82) is 0 Å². The fourth-order valence-corrected chi connectivity index (χ4v) is 3.62. The molecule has 4 aromatic rings. The average molecular weight is 343 g/mol. The normalized spacial score (nSPS) is 15.9. The van der Waals surface area contributed by atoms with Crippen LogP contribution in [0.25, 0.3) is 16.7 Å². The summed E-state index contributed by atoms with van der Waals surface area (Å²) in [6.45, 7) is 0. The van der Waals surface area contributed by atoms with E-state index in [1.165, 1.54) is 11.1 Å². The number of aromatic nitrogens is 4. The molecule has 0 saturated carbocycles. The van der Waals surface area contributed by atoms with E-state index in [1.54, 1.807) is 10.9 Å². The van der Waals surface area contributed by atoms with E-state index in [0.717, 1.165) is 18.5 Å². The zero-order valence-corrected chi connectivity index (χ0v) is 14.0. The first-order chi connectivity index (χ1) is 12.8. The van der Waals surface area contributed by atoms with Crippen molar-refractivity contribution in [1.82, 2.24) is 19.7 Å². The molecule has 1 atom stereocenters. The fourth-order valence-electron chi connectivity index (χ4n) is 3.62. The number of rotatable bonds is 3. The lowest BCUT2D eigenvalue weighted by Gasteiger charge is -2.14. The van der Waals surface area contributed by atoms with E-state index < -0.39 is 0 Å². The van der Waals surface area contributed by atoms with Gasteiger partial charge in [-0.1, -0.05) is 42.5 Å². The van der Waals surface area contributed by atoms with E-state index in [1.807, 2.05) is 36.4 Å². The number of aromatic amines is 1. The van der Waals surface area contributed by atoms with Gasteiger partial charge >= 0.3 is 0 Å². The summed E-state index contributed by atoms with van der Waals surface area (Å²) in [5.74, 6) is 0.474. The topological polar surface area (TPSA) is 75.6 Å². The van der Waals surface area contributed by atoms with Gasteiger partial charge in [0.15, 0.2) is 5.65 Å². The van der Waals surface area contributed by atoms with Crippen LogP contribution in [0.4, 0.5) is 5.95 Å². The van der Waals surface area contributed by atoms with Crippen LogP contribution in [0.2, 0.25) is 0 Å². The van der Waals surface area contributed by atoms with Crippen molar-refractivity contribution >= 4 is 17.0 Å². The molecule has 2 aromatic carbocycles. The van der Waals surface area contributed by atoms with Gasteiger partial charge in [-0.05, 0) is 36.1 Å². The molecule has 2 aromatic heterocycles. The Hall–Kier alpha value is -3.41. The minimum absolute atomic E-state index is 0.153. The summed E-state index contributed by atoms with van der Waals surface area (Å²) in [6, 6.07) is 18.2. The zero-order chi connectivity index (χ0) is 17.5. The lowest BCUT2D eigenvalue weighted by molar-refractivity contribution is 0.750. The Kier molecular flexibility index (Phi) is 3.35. The maximum Gasteiger partial charge on any atom is 0.263 e. The summed E-state index contributed by atoms with van der Waals surface area (Å²) in [5, 5.41) is 8.21. The molecular formula is C20H17N5O. The Morgan fingerprint density at radius 1 is 1.08 bits per heavy atom. The Labute approximate surface area is 149 Å². The second kappa shape index (κ2) is 5.84. The zero-order valence-electron chi connectivity index (χ0n) is 14.0. The van der Waals surface area contributed by atoms with Gasteiger partial charge in [-0.2, -0.15) is 10.1 Å². The van der Waals surface area contributed by atoms with E-state index in [2.05, 4.69) is 38.6 Å². The Balaban J connectivity index is 1.57. The van der Waals surface area contributed by atoms with Crippen molar-refractivity contribution in [2.24, 2.45) is 0 Å². The van der Waals surface area contributed by atoms with Crippen molar-refractivity contribution < 1.29 is 0 Å². The first kappa shape index (κ1) is 14.9. The smallest absolute Gasteiger partial charge is 0.263 e. The van der Waals surface area contributed by atoms with Crippen LogP contribution in [-0.2, 0) is 6.42 Å². The third-order valence-corrected chi connectivity index (χ3v) is 4.88. The summed E-state index contributed by atoms with van der Waals surface area (Å²) < 4.78 is 1.69. The monoisotopic (exact) mass is 343 g/mol. The number of benzene rings is 2. The van der Waals surface area contributed by atoms with E-state index in [9.17, 15) is 4.79 Å². The van der Waals surface area contributed by atoms with Gasteiger partial charge in [-0.15, -0.1) is 0 Å². The summed E-state index contributed by atoms with van der Waals surface area (Å²) in [4.78, 5) is 20.0. The van der Waals surface area contributed by atoms with Gasteiger partial charge in [0.1, 0.15) is 5.39 Å². The molecule has 1 unspecified atom stereocenters. The lowest BCUT2D eigenvalue weighted by Crippen LogP contribution is -2.16. The van der Waals surface area contributed by atoms with Crippen molar-refractivity contribution in [3.05, 3.63) is 82.3 Å². The minimum Gasteiger partial charge on any atom is -0.349 e. The maximum absolute atomic E-state index is 12.5. The average Bonchev–Trinajstić information content (AvgIpc) is 3.28. The van der Waals surface area contributed by atoms with Crippen molar-refractivity contribution in [3.63, 3.8) is 0 Å². The Morgan fingerprint density at radius 2 is 1.88 bits per heavy atom. The summed E-state index contributed by atoms with van der Waals surface area (Å²) in [6.07, 6.45) is 3.57. The fraction of sp³-hybridized carbons (Fsp3) is 0.150. The minimum atomic E-state index is -0.189. The first-order valence-corrected chi connectivity index (χ1v) is 8.67. The molecule has 0 fully saturated rings. The maximum atomic E-state index is 12.5. The molecule has 2 heterocycles. The first-order valence-electron chi connectivity index (χ1n) is 8.67. The third kappa shape index (κ3) is 2.38. The van der Waals surface area contributed by atoms with Crippen molar-refractivity contribution in [3.8, 4) is 5.69 Å². The van der Waals surface area contributed by atoms with Crippen LogP contribution in [0.15, 0.2) is 65.6 Å². The van der Waals surface area contributed by atoms with Crippen LogP contribution in [-0.4, -0.2) is 19.7 Å². The van der Waals surface area contributed by atoms with Crippen LogP contribution in [0.5, 0.6) is 0 Å². The van der Waals surface area contributed by atoms with Crippen LogP contribution in [0.1, 0.15) is 23.6 Å². The highest BCUT2D eigenvalue weighted by atomic mass is 16.1. The van der Waals surface area contributed by atoms with E-state index in [0.29, 0.717) is 17.0 Å². The van der Waals surface area contributed by atoms with Crippen LogP contribution < -0.4 is 10.9 Å². The summed E-state index contributed by atoms with van der Waals surface area (Å²) in [5.41, 5.74) is 3.85. The largest absolute Gasteiger partial charge is 0.349 e. The molecule has 6 nitrogen and oxygen atoms in total. The quantitative estimate of drug-likeness (QED) is 0.599. The molecule has 0 aliphatic heterocycles. The van der Waals surface area contributed by atoms with E-state index in [-0.39, 0.29) is 11.6 Å². The molecule has 1 aliphatic rings. The van der Waals surface area contributed by atoms with Crippen LogP contribution >= 0.6 is 0 Å². The number of aryl methyl sites for hydroxylation is 1. The second-order valence-electron chi connectivity index (χ2n) is 6.48. The standard InChI is InChI=1S/C20H17N5O/c26-19-16-12-21-25(14-7-2-1-3-8-14)18(16)23-20(24-19)22-17-11-10-13-6-4-5-9-15(13)17/h1-9,12,17H,10-11H2,(H2,22,23,24,26). The number of hydrogen-bond acceptors (Lipinski definition) is 4. The molecule has 0 amide bonds. The molecule has 5 rings (SSSR count). The molecule has 0 saturated heterocycles. The molecule has 0 spiro atoms. The summed E-state index contributed by atoms with van der Waals surface area (Å²) >= 11 is 0. The highest BCUT2D eigenvalue weighted by Crippen LogP contribution is 2.32. The van der Waals surface area contributed by atoms with Gasteiger partial charge in [-0.3, -0.25) is 9.78 Å². The number of hydrogen-bond donors (Lipinski definition) is 2. The summed E-state index contributed by atoms with van der Waals surface area (Å²) in [7, 11) is 0.